The molecule has 82 valence electrons. The zero-order valence-electron chi connectivity index (χ0n) is 9.27. The fraction of sp³-hybridized carbons (Fsp3) is 0.455. The Kier molecular flexibility index (Phi) is 3.02. The van der Waals surface area contributed by atoms with Crippen molar-refractivity contribution in [1.82, 2.24) is 15.4 Å². The highest BCUT2D eigenvalue weighted by molar-refractivity contribution is 5.31. The molecular weight excluding hydrogens is 188 g/mol. The molecule has 0 aliphatic carbocycles. The fourth-order valence-electron chi connectivity index (χ4n) is 2.24. The van der Waals surface area contributed by atoms with Gasteiger partial charge in [-0.05, 0) is 11.1 Å². The van der Waals surface area contributed by atoms with Gasteiger partial charge < -0.3 is 0 Å². The minimum absolute atomic E-state index is 0.0879. The molecule has 0 radical (unpaired) electrons. The van der Waals surface area contributed by atoms with E-state index in [9.17, 15) is 0 Å². The highest BCUT2D eigenvalue weighted by atomic mass is 15.7. The fourth-order valence-corrected chi connectivity index (χ4v) is 2.24. The van der Waals surface area contributed by atoms with E-state index in [0.29, 0.717) is 0 Å². The van der Waals surface area contributed by atoms with E-state index in [1.807, 2.05) is 0 Å². The number of nitrogens with one attached hydrogen (secondary N) is 1. The molecule has 0 spiro atoms. The summed E-state index contributed by atoms with van der Waals surface area (Å²) in [7, 11) is 2.09. The van der Waals surface area contributed by atoms with Crippen molar-refractivity contribution in [3.05, 3.63) is 35.4 Å². The molecule has 15 heavy (non-hydrogen) atoms. The summed E-state index contributed by atoms with van der Waals surface area (Å²) in [6, 6.07) is 8.42. The minimum atomic E-state index is 0.0879. The number of rotatable bonds is 2. The second-order valence-corrected chi connectivity index (χ2v) is 3.84. The molecule has 0 saturated heterocycles. The molecule has 0 fully saturated rings. The normalized spacial score (nSPS) is 22.7. The van der Waals surface area contributed by atoms with E-state index >= 15 is 0 Å². The average molecular weight is 206 g/mol. The quantitative estimate of drug-likeness (QED) is 0.556. The highest BCUT2D eigenvalue weighted by Gasteiger charge is 2.28. The van der Waals surface area contributed by atoms with Crippen LogP contribution in [-0.2, 0) is 6.54 Å². The first kappa shape index (κ1) is 10.6. The van der Waals surface area contributed by atoms with Crippen molar-refractivity contribution < 1.29 is 0 Å². The van der Waals surface area contributed by atoms with Crippen LogP contribution in [0.15, 0.2) is 24.3 Å². The van der Waals surface area contributed by atoms with Gasteiger partial charge in [-0.3, -0.25) is 5.84 Å². The van der Waals surface area contributed by atoms with Crippen LogP contribution in [0.25, 0.3) is 0 Å². The number of nitrogens with zero attached hydrogens (tertiary/aromatic N) is 2. The second kappa shape index (κ2) is 4.28. The lowest BCUT2D eigenvalue weighted by Crippen LogP contribution is -2.52. The summed E-state index contributed by atoms with van der Waals surface area (Å²) in [5.74, 6) is 5.63. The van der Waals surface area contributed by atoms with Crippen molar-refractivity contribution >= 4 is 0 Å². The van der Waals surface area contributed by atoms with Crippen LogP contribution in [0.4, 0.5) is 0 Å². The summed E-state index contributed by atoms with van der Waals surface area (Å²) in [6.07, 6.45) is 0.0879. The van der Waals surface area contributed by atoms with E-state index in [1.165, 1.54) is 11.1 Å². The van der Waals surface area contributed by atoms with Crippen molar-refractivity contribution in [2.75, 3.05) is 13.6 Å². The Labute approximate surface area is 90.6 Å². The molecule has 1 aliphatic heterocycles. The Morgan fingerprint density at radius 1 is 1.47 bits per heavy atom. The number of nitrogens with two attached hydrogens (primary N) is 1. The van der Waals surface area contributed by atoms with Crippen LogP contribution in [0, 0.1) is 0 Å². The van der Waals surface area contributed by atoms with Crippen LogP contribution < -0.4 is 11.3 Å². The Bertz CT molecular complexity index is 339. The van der Waals surface area contributed by atoms with Crippen molar-refractivity contribution in [1.29, 1.82) is 0 Å². The predicted octanol–water partition coefficient (Wildman–Crippen LogP) is 0.831. The van der Waals surface area contributed by atoms with Crippen LogP contribution in [0.1, 0.15) is 24.2 Å². The lowest BCUT2D eigenvalue weighted by molar-refractivity contribution is -0.0688. The molecule has 3 N–H and O–H groups in total. The monoisotopic (exact) mass is 206 g/mol. The highest BCUT2D eigenvalue weighted by Crippen LogP contribution is 2.28. The number of benzene rings is 1. The van der Waals surface area contributed by atoms with Gasteiger partial charge in [-0.2, -0.15) is 0 Å². The number of hydrogen-bond acceptors (Lipinski definition) is 4. The lowest BCUT2D eigenvalue weighted by Gasteiger charge is -2.42. The van der Waals surface area contributed by atoms with Crippen molar-refractivity contribution in [3.63, 3.8) is 0 Å². The molecule has 1 aliphatic rings. The molecule has 4 nitrogen and oxygen atoms in total. The molecule has 4 heteroatoms. The van der Waals surface area contributed by atoms with Gasteiger partial charge in [0.2, 0.25) is 0 Å². The number of hydrazine groups is 2. The molecule has 0 aromatic heterocycles. The van der Waals surface area contributed by atoms with Gasteiger partial charge in [0, 0.05) is 20.1 Å². The third-order valence-electron chi connectivity index (χ3n) is 2.97. The van der Waals surface area contributed by atoms with Crippen LogP contribution >= 0.6 is 0 Å². The predicted molar refractivity (Wildman–Crippen MR) is 60.4 cm³/mol. The van der Waals surface area contributed by atoms with Gasteiger partial charge in [0.15, 0.2) is 0 Å². The Balaban J connectivity index is 2.40. The molecule has 1 aromatic rings. The van der Waals surface area contributed by atoms with Gasteiger partial charge in [-0.25, -0.2) is 15.4 Å². The molecule has 1 heterocycles. The van der Waals surface area contributed by atoms with E-state index in [1.54, 1.807) is 0 Å². The summed E-state index contributed by atoms with van der Waals surface area (Å²) >= 11 is 0. The topological polar surface area (TPSA) is 44.5 Å². The molecule has 1 unspecified atom stereocenters. The van der Waals surface area contributed by atoms with Crippen molar-refractivity contribution in [2.24, 2.45) is 5.84 Å². The van der Waals surface area contributed by atoms with Gasteiger partial charge in [-0.1, -0.05) is 31.2 Å². The smallest absolute Gasteiger partial charge is 0.112 e. The summed E-state index contributed by atoms with van der Waals surface area (Å²) in [6.45, 7) is 4.02. The lowest BCUT2D eigenvalue weighted by atomic mass is 10.0. The van der Waals surface area contributed by atoms with Gasteiger partial charge in [0.05, 0.1) is 0 Å². The SMILES string of the molecule is CCN1C(NN)c2ccccc2CN1C. The summed E-state index contributed by atoms with van der Waals surface area (Å²) in [4.78, 5) is 0. The van der Waals surface area contributed by atoms with E-state index in [-0.39, 0.29) is 6.17 Å². The summed E-state index contributed by atoms with van der Waals surface area (Å²) in [5, 5.41) is 4.43. The average Bonchev–Trinajstić information content (AvgIpc) is 2.27. The van der Waals surface area contributed by atoms with Gasteiger partial charge in [0.1, 0.15) is 6.17 Å². The third kappa shape index (κ3) is 1.77. The molecule has 0 saturated carbocycles. The van der Waals surface area contributed by atoms with Crippen molar-refractivity contribution in [2.45, 2.75) is 19.6 Å². The maximum absolute atomic E-state index is 5.63. The Morgan fingerprint density at radius 3 is 2.87 bits per heavy atom. The first-order chi connectivity index (χ1) is 7.27. The number of fused-ring (bicyclic) bond motifs is 1. The summed E-state index contributed by atoms with van der Waals surface area (Å²) in [5.41, 5.74) is 5.49. The molecular formula is C11H18N4. The van der Waals surface area contributed by atoms with Crippen LogP contribution in [0.5, 0.6) is 0 Å². The largest absolute Gasteiger partial charge is 0.270 e. The van der Waals surface area contributed by atoms with Crippen LogP contribution in [0.2, 0.25) is 0 Å². The molecule has 2 rings (SSSR count). The standard InChI is InChI=1S/C11H18N4/c1-3-15-11(13-12)10-7-5-4-6-9(10)8-14(15)2/h4-7,11,13H,3,8,12H2,1-2H3. The van der Waals surface area contributed by atoms with Crippen molar-refractivity contribution in [3.8, 4) is 0 Å². The summed E-state index contributed by atoms with van der Waals surface area (Å²) < 4.78 is 0. The van der Waals surface area contributed by atoms with Gasteiger partial charge in [-0.15, -0.1) is 0 Å². The third-order valence-corrected chi connectivity index (χ3v) is 2.97. The maximum Gasteiger partial charge on any atom is 0.112 e. The maximum atomic E-state index is 5.63. The molecule has 1 aromatic carbocycles. The van der Waals surface area contributed by atoms with E-state index in [0.717, 1.165) is 13.1 Å². The molecule has 0 amide bonds. The molecule has 0 bridgehead atoms. The Morgan fingerprint density at radius 2 is 2.20 bits per heavy atom. The van der Waals surface area contributed by atoms with Crippen LogP contribution in [0.3, 0.4) is 0 Å². The minimum Gasteiger partial charge on any atom is -0.270 e. The van der Waals surface area contributed by atoms with Crippen LogP contribution in [-0.4, -0.2) is 23.6 Å². The van der Waals surface area contributed by atoms with E-state index < -0.39 is 0 Å². The van der Waals surface area contributed by atoms with Gasteiger partial charge in [0.25, 0.3) is 0 Å². The zero-order chi connectivity index (χ0) is 10.8. The van der Waals surface area contributed by atoms with E-state index in [2.05, 4.69) is 53.7 Å². The Hall–Kier alpha value is -0.940. The molecule has 1 atom stereocenters. The zero-order valence-corrected chi connectivity index (χ0v) is 9.27. The number of hydrogen-bond donors (Lipinski definition) is 2. The van der Waals surface area contributed by atoms with E-state index in [4.69, 9.17) is 5.84 Å². The van der Waals surface area contributed by atoms with Gasteiger partial charge >= 0.3 is 0 Å². The second-order valence-electron chi connectivity index (χ2n) is 3.84. The first-order valence-corrected chi connectivity index (χ1v) is 5.29. The first-order valence-electron chi connectivity index (χ1n) is 5.29.